The zero-order chi connectivity index (χ0) is 9.14. The summed E-state index contributed by atoms with van der Waals surface area (Å²) in [6.45, 7) is 1.83. The highest BCUT2D eigenvalue weighted by Crippen LogP contribution is 2.08. The summed E-state index contributed by atoms with van der Waals surface area (Å²) in [6.07, 6.45) is 1.48. The quantitative estimate of drug-likeness (QED) is 0.669. The Morgan fingerprint density at radius 3 is 2.75 bits per heavy atom. The molecule has 0 aromatic carbocycles. The van der Waals surface area contributed by atoms with Gasteiger partial charge in [0.15, 0.2) is 0 Å². The van der Waals surface area contributed by atoms with Gasteiger partial charge in [0.25, 0.3) is 0 Å². The standard InChI is InChI=1S/C8H10N2O2/c1-5-2-3-6(4-10-5)7(9)8(11)12/h2-4,7H,9H2,1H3,(H,11,12). The first kappa shape index (κ1) is 8.67. The molecule has 0 aliphatic heterocycles. The number of hydrogen-bond acceptors (Lipinski definition) is 3. The third-order valence-corrected chi connectivity index (χ3v) is 1.56. The van der Waals surface area contributed by atoms with E-state index in [1.165, 1.54) is 6.20 Å². The molecule has 64 valence electrons. The molecule has 0 bridgehead atoms. The van der Waals surface area contributed by atoms with E-state index in [2.05, 4.69) is 4.98 Å². The molecular weight excluding hydrogens is 156 g/mol. The lowest BCUT2D eigenvalue weighted by molar-refractivity contribution is -0.138. The molecule has 1 atom stereocenters. The number of hydrogen-bond donors (Lipinski definition) is 2. The van der Waals surface area contributed by atoms with Crippen LogP contribution in [0.1, 0.15) is 17.3 Å². The van der Waals surface area contributed by atoms with E-state index in [-0.39, 0.29) is 0 Å². The summed E-state index contributed by atoms with van der Waals surface area (Å²) in [5, 5.41) is 8.55. The molecule has 4 heteroatoms. The smallest absolute Gasteiger partial charge is 0.325 e. The van der Waals surface area contributed by atoms with Gasteiger partial charge in [-0.15, -0.1) is 0 Å². The average Bonchev–Trinajstić information content (AvgIpc) is 2.04. The second-order valence-corrected chi connectivity index (χ2v) is 2.55. The van der Waals surface area contributed by atoms with Gasteiger partial charge < -0.3 is 10.8 Å². The maximum atomic E-state index is 10.4. The van der Waals surface area contributed by atoms with Crippen LogP contribution >= 0.6 is 0 Å². The summed E-state index contributed by atoms with van der Waals surface area (Å²) in [6, 6.07) is 2.43. The summed E-state index contributed by atoms with van der Waals surface area (Å²) in [5.41, 5.74) is 6.71. The van der Waals surface area contributed by atoms with Gasteiger partial charge in [0.1, 0.15) is 6.04 Å². The third kappa shape index (κ3) is 1.79. The van der Waals surface area contributed by atoms with E-state index in [1.54, 1.807) is 12.1 Å². The number of carboxylic acid groups (broad SMARTS) is 1. The van der Waals surface area contributed by atoms with Crippen molar-refractivity contribution in [3.63, 3.8) is 0 Å². The van der Waals surface area contributed by atoms with Gasteiger partial charge in [0.2, 0.25) is 0 Å². The van der Waals surface area contributed by atoms with E-state index in [1.807, 2.05) is 6.92 Å². The van der Waals surface area contributed by atoms with Gasteiger partial charge in [-0.05, 0) is 18.6 Å². The zero-order valence-corrected chi connectivity index (χ0v) is 6.69. The van der Waals surface area contributed by atoms with Gasteiger partial charge in [-0.2, -0.15) is 0 Å². The summed E-state index contributed by atoms with van der Waals surface area (Å²) < 4.78 is 0. The van der Waals surface area contributed by atoms with Gasteiger partial charge in [-0.25, -0.2) is 0 Å². The van der Waals surface area contributed by atoms with E-state index in [0.717, 1.165) is 5.69 Å². The minimum atomic E-state index is -1.04. The zero-order valence-electron chi connectivity index (χ0n) is 6.69. The summed E-state index contributed by atoms with van der Waals surface area (Å²) in [5.74, 6) is -1.04. The van der Waals surface area contributed by atoms with Crippen LogP contribution in [-0.4, -0.2) is 16.1 Å². The fourth-order valence-electron chi connectivity index (χ4n) is 0.806. The Labute approximate surface area is 70.0 Å². The molecule has 0 aliphatic carbocycles. The average molecular weight is 166 g/mol. The Balaban J connectivity index is 2.89. The number of carboxylic acids is 1. The molecule has 0 amide bonds. The Kier molecular flexibility index (Phi) is 2.40. The number of nitrogens with zero attached hydrogens (tertiary/aromatic N) is 1. The van der Waals surface area contributed by atoms with E-state index in [9.17, 15) is 4.79 Å². The van der Waals surface area contributed by atoms with Crippen LogP contribution in [0, 0.1) is 6.92 Å². The molecule has 0 saturated heterocycles. The molecular formula is C8H10N2O2. The second-order valence-electron chi connectivity index (χ2n) is 2.55. The minimum Gasteiger partial charge on any atom is -0.480 e. The van der Waals surface area contributed by atoms with Crippen molar-refractivity contribution in [1.82, 2.24) is 4.98 Å². The Bertz CT molecular complexity index is 282. The van der Waals surface area contributed by atoms with E-state index < -0.39 is 12.0 Å². The van der Waals surface area contributed by atoms with E-state index in [0.29, 0.717) is 5.56 Å². The number of aliphatic carboxylic acids is 1. The third-order valence-electron chi connectivity index (χ3n) is 1.56. The molecule has 1 rings (SSSR count). The molecule has 3 N–H and O–H groups in total. The molecule has 4 nitrogen and oxygen atoms in total. The highest BCUT2D eigenvalue weighted by atomic mass is 16.4. The van der Waals surface area contributed by atoms with Crippen molar-refractivity contribution in [2.45, 2.75) is 13.0 Å². The number of aryl methyl sites for hydroxylation is 1. The fraction of sp³-hybridized carbons (Fsp3) is 0.250. The van der Waals surface area contributed by atoms with Crippen LogP contribution in [0.15, 0.2) is 18.3 Å². The lowest BCUT2D eigenvalue weighted by atomic mass is 10.1. The van der Waals surface area contributed by atoms with Gasteiger partial charge in [0.05, 0.1) is 0 Å². The Hall–Kier alpha value is -1.42. The molecule has 1 heterocycles. The molecule has 1 unspecified atom stereocenters. The maximum absolute atomic E-state index is 10.4. The minimum absolute atomic E-state index is 0.521. The van der Waals surface area contributed by atoms with E-state index in [4.69, 9.17) is 10.8 Å². The van der Waals surface area contributed by atoms with Crippen LogP contribution < -0.4 is 5.73 Å². The van der Waals surface area contributed by atoms with Crippen molar-refractivity contribution >= 4 is 5.97 Å². The molecule has 0 spiro atoms. The van der Waals surface area contributed by atoms with Crippen molar-refractivity contribution in [1.29, 1.82) is 0 Å². The summed E-state index contributed by atoms with van der Waals surface area (Å²) in [4.78, 5) is 14.4. The largest absolute Gasteiger partial charge is 0.480 e. The number of aromatic nitrogens is 1. The first-order valence-corrected chi connectivity index (χ1v) is 3.52. The number of carbonyl (C=O) groups is 1. The highest BCUT2D eigenvalue weighted by Gasteiger charge is 2.13. The van der Waals surface area contributed by atoms with E-state index >= 15 is 0 Å². The van der Waals surface area contributed by atoms with Gasteiger partial charge in [-0.3, -0.25) is 9.78 Å². The van der Waals surface area contributed by atoms with Crippen LogP contribution in [0.4, 0.5) is 0 Å². The topological polar surface area (TPSA) is 76.2 Å². The van der Waals surface area contributed by atoms with Crippen molar-refractivity contribution in [3.8, 4) is 0 Å². The summed E-state index contributed by atoms with van der Waals surface area (Å²) in [7, 11) is 0. The molecule has 12 heavy (non-hydrogen) atoms. The highest BCUT2D eigenvalue weighted by molar-refractivity contribution is 5.74. The van der Waals surface area contributed by atoms with Crippen LogP contribution in [0.5, 0.6) is 0 Å². The van der Waals surface area contributed by atoms with Crippen LogP contribution in [0.3, 0.4) is 0 Å². The van der Waals surface area contributed by atoms with Gasteiger partial charge in [0, 0.05) is 11.9 Å². The SMILES string of the molecule is Cc1ccc(C(N)C(=O)O)cn1. The second kappa shape index (κ2) is 3.32. The molecule has 1 aromatic heterocycles. The van der Waals surface area contributed by atoms with Crippen LogP contribution in [0.2, 0.25) is 0 Å². The first-order valence-electron chi connectivity index (χ1n) is 3.52. The fourth-order valence-corrected chi connectivity index (χ4v) is 0.806. The molecule has 1 aromatic rings. The lowest BCUT2D eigenvalue weighted by Crippen LogP contribution is -2.20. The predicted octanol–water partition coefficient (Wildman–Crippen LogP) is 0.474. The molecule has 0 saturated carbocycles. The first-order chi connectivity index (χ1) is 5.61. The Morgan fingerprint density at radius 2 is 2.33 bits per heavy atom. The molecule has 0 fully saturated rings. The van der Waals surface area contributed by atoms with Crippen molar-refractivity contribution in [2.75, 3.05) is 0 Å². The molecule has 0 radical (unpaired) electrons. The number of nitrogens with two attached hydrogens (primary N) is 1. The van der Waals surface area contributed by atoms with Gasteiger partial charge >= 0.3 is 5.97 Å². The van der Waals surface area contributed by atoms with Crippen LogP contribution in [0.25, 0.3) is 0 Å². The monoisotopic (exact) mass is 166 g/mol. The van der Waals surface area contributed by atoms with Crippen molar-refractivity contribution in [3.05, 3.63) is 29.6 Å². The number of pyridine rings is 1. The number of rotatable bonds is 2. The Morgan fingerprint density at radius 1 is 1.67 bits per heavy atom. The maximum Gasteiger partial charge on any atom is 0.325 e. The summed E-state index contributed by atoms with van der Waals surface area (Å²) >= 11 is 0. The molecule has 0 aliphatic rings. The van der Waals surface area contributed by atoms with Gasteiger partial charge in [-0.1, -0.05) is 6.07 Å². The van der Waals surface area contributed by atoms with Crippen molar-refractivity contribution < 1.29 is 9.90 Å². The predicted molar refractivity (Wildman–Crippen MR) is 43.5 cm³/mol. The normalized spacial score (nSPS) is 12.5. The van der Waals surface area contributed by atoms with Crippen molar-refractivity contribution in [2.24, 2.45) is 5.73 Å². The lowest BCUT2D eigenvalue weighted by Gasteiger charge is -2.05. The van der Waals surface area contributed by atoms with Crippen LogP contribution in [-0.2, 0) is 4.79 Å².